The third kappa shape index (κ3) is 61.5. The Bertz CT molecular complexity index is 1790. The summed E-state index contributed by atoms with van der Waals surface area (Å²) < 4.78 is 16.8. The van der Waals surface area contributed by atoms with E-state index in [-0.39, 0.29) is 37.5 Å². The molecule has 0 aromatic carbocycles. The highest BCUT2D eigenvalue weighted by Crippen LogP contribution is 2.14. The summed E-state index contributed by atoms with van der Waals surface area (Å²) in [4.78, 5) is 38.2. The molecule has 0 heterocycles. The monoisotopic (exact) mass is 1060 g/mol. The molecule has 0 fully saturated rings. The average Bonchev–Trinajstić information content (AvgIpc) is 3.43. The number of rotatable bonds is 53. The van der Waals surface area contributed by atoms with Gasteiger partial charge in [0.15, 0.2) is 6.10 Å². The summed E-state index contributed by atoms with van der Waals surface area (Å²) in [6.45, 7) is 6.21. The van der Waals surface area contributed by atoms with Crippen LogP contribution in [-0.4, -0.2) is 37.2 Å². The second-order valence-corrected chi connectivity index (χ2v) is 19.5. The molecule has 0 spiro atoms. The molecule has 1 unspecified atom stereocenters. The van der Waals surface area contributed by atoms with E-state index < -0.39 is 6.10 Å². The highest BCUT2D eigenvalue weighted by molar-refractivity contribution is 5.71. The Morgan fingerprint density at radius 2 is 0.481 bits per heavy atom. The van der Waals surface area contributed by atoms with Crippen molar-refractivity contribution in [1.29, 1.82) is 0 Å². The molecule has 0 radical (unpaired) electrons. The second-order valence-electron chi connectivity index (χ2n) is 19.5. The first-order valence-electron chi connectivity index (χ1n) is 30.6. The minimum atomic E-state index is -0.826. The van der Waals surface area contributed by atoms with Crippen molar-refractivity contribution in [1.82, 2.24) is 0 Å². The molecule has 0 aliphatic rings. The van der Waals surface area contributed by atoms with E-state index >= 15 is 0 Å². The number of carbonyl (C=O) groups is 3. The van der Waals surface area contributed by atoms with Crippen LogP contribution in [-0.2, 0) is 28.6 Å². The summed E-state index contributed by atoms with van der Waals surface area (Å²) in [5.74, 6) is -1.02. The van der Waals surface area contributed by atoms with Gasteiger partial charge in [0, 0.05) is 19.3 Å². The van der Waals surface area contributed by atoms with Crippen molar-refractivity contribution in [2.75, 3.05) is 13.2 Å². The zero-order valence-corrected chi connectivity index (χ0v) is 49.1. The maximum absolute atomic E-state index is 12.9. The molecule has 6 heteroatoms. The molecule has 0 N–H and O–H groups in total. The molecule has 0 saturated carbocycles. The molecule has 0 saturated heterocycles. The van der Waals surface area contributed by atoms with Crippen LogP contribution in [0.5, 0.6) is 0 Å². The number of unbranched alkanes of at least 4 members (excludes halogenated alkanes) is 14. The fraction of sp³-hybridized carbons (Fsp3) is 0.563. The first-order chi connectivity index (χ1) is 38.0. The van der Waals surface area contributed by atoms with E-state index in [1.54, 1.807) is 0 Å². The van der Waals surface area contributed by atoms with E-state index in [9.17, 15) is 14.4 Å². The molecule has 0 aliphatic carbocycles. The summed E-state index contributed by atoms with van der Waals surface area (Å²) in [5, 5.41) is 0. The average molecular weight is 1060 g/mol. The highest BCUT2D eigenvalue weighted by Gasteiger charge is 2.19. The topological polar surface area (TPSA) is 78.9 Å². The van der Waals surface area contributed by atoms with E-state index in [4.69, 9.17) is 14.2 Å². The number of carbonyl (C=O) groups excluding carboxylic acids is 3. The Hall–Kier alpha value is -5.23. The van der Waals surface area contributed by atoms with Crippen LogP contribution in [0.4, 0.5) is 0 Å². The standard InChI is InChI=1S/C71H110O6/c1-4-7-10-13-16-19-22-25-27-29-31-33-35-37-39-41-43-46-49-52-55-58-61-64-70(73)76-67-68(66-75-69(72)63-60-57-54-51-48-45-24-21-18-15-12-9-6-3)77-71(74)65-62-59-56-53-50-47-44-42-40-38-36-34-32-30-28-26-23-20-17-14-11-8-5-2/h7-12,16-21,25-28,31-34,37,39,43,45-46,48,52,55,68H,4-6,13-15,22-24,29-30,35-36,38,40-42,44,47,49-51,53-54,56-67H2,1-3H3/b10-7-,11-8-,12-9-,19-16-,20-17-,21-18-,27-25-,28-26-,33-31-,34-32-,39-37-,46-43-,48-45-,55-52-. The van der Waals surface area contributed by atoms with Gasteiger partial charge in [-0.1, -0.05) is 249 Å². The SMILES string of the molecule is CC/C=C\C/C=C\C/C=C\C/C=C\C/C=C\C/C=C\C/C=C\CCCC(=O)OCC(COC(=O)CCCCC/C=C\C/C=C\C/C=C\CC)OC(=O)CCCCCCCCCCCC/C=C\C/C=C\C/C=C\C/C=C\CC. The molecule has 430 valence electrons. The van der Waals surface area contributed by atoms with Crippen LogP contribution in [0, 0.1) is 0 Å². The lowest BCUT2D eigenvalue weighted by Crippen LogP contribution is -2.30. The number of ether oxygens (including phenoxy) is 3. The quantitative estimate of drug-likeness (QED) is 0.0261. The Kier molecular flexibility index (Phi) is 59.0. The van der Waals surface area contributed by atoms with Crippen LogP contribution in [0.25, 0.3) is 0 Å². The van der Waals surface area contributed by atoms with Crippen LogP contribution >= 0.6 is 0 Å². The van der Waals surface area contributed by atoms with Gasteiger partial charge in [-0.25, -0.2) is 0 Å². The summed E-state index contributed by atoms with van der Waals surface area (Å²) in [7, 11) is 0. The molecular weight excluding hydrogens is 949 g/mol. The molecule has 0 rings (SSSR count). The van der Waals surface area contributed by atoms with E-state index in [1.807, 2.05) is 0 Å². The van der Waals surface area contributed by atoms with Crippen LogP contribution in [0.2, 0.25) is 0 Å². The largest absolute Gasteiger partial charge is 0.462 e. The van der Waals surface area contributed by atoms with Crippen LogP contribution in [0.1, 0.15) is 239 Å². The van der Waals surface area contributed by atoms with Gasteiger partial charge in [-0.3, -0.25) is 14.4 Å². The molecule has 77 heavy (non-hydrogen) atoms. The van der Waals surface area contributed by atoms with E-state index in [2.05, 4.69) is 191 Å². The fourth-order valence-electron chi connectivity index (χ4n) is 7.73. The van der Waals surface area contributed by atoms with Crippen molar-refractivity contribution in [2.24, 2.45) is 0 Å². The molecule has 0 aromatic heterocycles. The van der Waals surface area contributed by atoms with Gasteiger partial charge in [-0.15, -0.1) is 0 Å². The fourth-order valence-corrected chi connectivity index (χ4v) is 7.73. The van der Waals surface area contributed by atoms with E-state index in [1.165, 1.54) is 44.9 Å². The lowest BCUT2D eigenvalue weighted by Gasteiger charge is -2.18. The minimum Gasteiger partial charge on any atom is -0.462 e. The smallest absolute Gasteiger partial charge is 0.306 e. The lowest BCUT2D eigenvalue weighted by molar-refractivity contribution is -0.167. The number of allylic oxidation sites excluding steroid dienone is 28. The van der Waals surface area contributed by atoms with Crippen molar-refractivity contribution in [2.45, 2.75) is 245 Å². The Balaban J connectivity index is 4.50. The molecule has 6 nitrogen and oxygen atoms in total. The summed E-state index contributed by atoms with van der Waals surface area (Å²) in [6, 6.07) is 0. The summed E-state index contributed by atoms with van der Waals surface area (Å²) in [6.07, 6.45) is 93.6. The Labute approximate surface area is 472 Å². The third-order valence-electron chi connectivity index (χ3n) is 12.2. The predicted octanol–water partition coefficient (Wildman–Crippen LogP) is 21.1. The Morgan fingerprint density at radius 1 is 0.260 bits per heavy atom. The van der Waals surface area contributed by atoms with Crippen molar-refractivity contribution in [3.8, 4) is 0 Å². The molecule has 0 aliphatic heterocycles. The minimum absolute atomic E-state index is 0.121. The van der Waals surface area contributed by atoms with Gasteiger partial charge in [-0.2, -0.15) is 0 Å². The molecule has 0 aromatic rings. The van der Waals surface area contributed by atoms with Crippen molar-refractivity contribution in [3.05, 3.63) is 170 Å². The maximum Gasteiger partial charge on any atom is 0.306 e. The van der Waals surface area contributed by atoms with Crippen molar-refractivity contribution < 1.29 is 28.6 Å². The van der Waals surface area contributed by atoms with Crippen LogP contribution in [0.15, 0.2) is 170 Å². The predicted molar refractivity (Wildman–Crippen MR) is 334 cm³/mol. The Morgan fingerprint density at radius 3 is 0.792 bits per heavy atom. The van der Waals surface area contributed by atoms with Gasteiger partial charge in [0.05, 0.1) is 0 Å². The van der Waals surface area contributed by atoms with Gasteiger partial charge >= 0.3 is 17.9 Å². The summed E-state index contributed by atoms with van der Waals surface area (Å²) >= 11 is 0. The number of hydrogen-bond donors (Lipinski definition) is 0. The third-order valence-corrected chi connectivity index (χ3v) is 12.2. The zero-order valence-electron chi connectivity index (χ0n) is 49.1. The lowest BCUT2D eigenvalue weighted by atomic mass is 10.0. The van der Waals surface area contributed by atoms with E-state index in [0.717, 1.165) is 148 Å². The van der Waals surface area contributed by atoms with Crippen molar-refractivity contribution in [3.63, 3.8) is 0 Å². The van der Waals surface area contributed by atoms with Gasteiger partial charge in [0.2, 0.25) is 0 Å². The zero-order chi connectivity index (χ0) is 55.7. The first kappa shape index (κ1) is 71.8. The number of hydrogen-bond acceptors (Lipinski definition) is 6. The first-order valence-corrected chi connectivity index (χ1v) is 30.6. The van der Waals surface area contributed by atoms with Crippen LogP contribution in [0.3, 0.4) is 0 Å². The molecular formula is C71H110O6. The maximum atomic E-state index is 12.9. The van der Waals surface area contributed by atoms with Crippen LogP contribution < -0.4 is 0 Å². The molecule has 1 atom stereocenters. The summed E-state index contributed by atoms with van der Waals surface area (Å²) in [5.41, 5.74) is 0. The van der Waals surface area contributed by atoms with E-state index in [0.29, 0.717) is 19.3 Å². The highest BCUT2D eigenvalue weighted by atomic mass is 16.6. The molecule has 0 amide bonds. The second kappa shape index (κ2) is 63.3. The molecule has 0 bridgehead atoms. The number of esters is 3. The van der Waals surface area contributed by atoms with Crippen molar-refractivity contribution >= 4 is 17.9 Å². The van der Waals surface area contributed by atoms with Gasteiger partial charge in [-0.05, 0) is 141 Å². The van der Waals surface area contributed by atoms with Gasteiger partial charge in [0.1, 0.15) is 13.2 Å². The normalized spacial score (nSPS) is 13.3. The van der Waals surface area contributed by atoms with Gasteiger partial charge in [0.25, 0.3) is 0 Å². The van der Waals surface area contributed by atoms with Gasteiger partial charge < -0.3 is 14.2 Å².